The predicted octanol–water partition coefficient (Wildman–Crippen LogP) is 5.49. The molecule has 6 rings (SSSR count). The van der Waals surface area contributed by atoms with E-state index in [-0.39, 0.29) is 11.7 Å². The molecule has 8 nitrogen and oxygen atoms in total. The molecule has 0 radical (unpaired) electrons. The lowest BCUT2D eigenvalue weighted by Gasteiger charge is -2.35. The number of aromatic nitrogens is 5. The highest BCUT2D eigenvalue weighted by Crippen LogP contribution is 2.30. The fourth-order valence-corrected chi connectivity index (χ4v) is 6.33. The van der Waals surface area contributed by atoms with E-state index in [1.807, 2.05) is 33.0 Å². The standard InChI is InChI=1S/C29H26FN7OS2/c1-20-8-10-22(11-9-20)37-27(21-5-4-12-31-17-21)33-34-29(37)40-19-26-32-24(18-39-26)28(38)36-15-13-35(14-16-36)25-7-3-2-6-23(25)30/h2-12,17-18H,13-16,19H2,1H3. The molecule has 0 saturated carbocycles. The summed E-state index contributed by atoms with van der Waals surface area (Å²) in [5.41, 5.74) is 4.02. The number of thiazole rings is 1. The van der Waals surface area contributed by atoms with Crippen LogP contribution >= 0.6 is 23.1 Å². The molecule has 0 aliphatic carbocycles. The van der Waals surface area contributed by atoms with Crippen molar-refractivity contribution in [2.45, 2.75) is 17.8 Å². The van der Waals surface area contributed by atoms with Crippen molar-refractivity contribution < 1.29 is 9.18 Å². The smallest absolute Gasteiger partial charge is 0.273 e. The Morgan fingerprint density at radius 2 is 1.80 bits per heavy atom. The van der Waals surface area contributed by atoms with Gasteiger partial charge in [0.2, 0.25) is 0 Å². The summed E-state index contributed by atoms with van der Waals surface area (Å²) in [5.74, 6) is 0.928. The minimum atomic E-state index is -0.241. The van der Waals surface area contributed by atoms with Crippen molar-refractivity contribution in [3.05, 3.63) is 101 Å². The molecule has 5 aromatic rings. The molecule has 1 amide bonds. The molecule has 0 bridgehead atoms. The number of hydrogen-bond donors (Lipinski definition) is 0. The van der Waals surface area contributed by atoms with E-state index in [1.54, 1.807) is 29.4 Å². The summed E-state index contributed by atoms with van der Waals surface area (Å²) in [6.45, 7) is 4.25. The van der Waals surface area contributed by atoms with Gasteiger partial charge in [0.15, 0.2) is 11.0 Å². The fraction of sp³-hybridized carbons (Fsp3) is 0.207. The summed E-state index contributed by atoms with van der Waals surface area (Å²) in [4.78, 5) is 25.8. The molecule has 2 aromatic carbocycles. The maximum atomic E-state index is 14.2. The molecule has 202 valence electrons. The van der Waals surface area contributed by atoms with Crippen LogP contribution in [0.2, 0.25) is 0 Å². The summed E-state index contributed by atoms with van der Waals surface area (Å²) in [6.07, 6.45) is 3.51. The lowest BCUT2D eigenvalue weighted by atomic mass is 10.2. The van der Waals surface area contributed by atoms with Crippen LogP contribution in [0, 0.1) is 12.7 Å². The molecule has 0 N–H and O–H groups in total. The van der Waals surface area contributed by atoms with Gasteiger partial charge in [0.05, 0.1) is 11.4 Å². The number of halogens is 1. The Labute approximate surface area is 239 Å². The molecule has 1 aliphatic rings. The highest BCUT2D eigenvalue weighted by atomic mass is 32.2. The highest BCUT2D eigenvalue weighted by Gasteiger charge is 2.25. The molecule has 1 fully saturated rings. The Morgan fingerprint density at radius 1 is 1.00 bits per heavy atom. The van der Waals surface area contributed by atoms with Gasteiger partial charge in [-0.1, -0.05) is 41.6 Å². The number of para-hydroxylation sites is 1. The van der Waals surface area contributed by atoms with Crippen LogP contribution < -0.4 is 4.90 Å². The van der Waals surface area contributed by atoms with Crippen LogP contribution in [0.1, 0.15) is 21.1 Å². The Morgan fingerprint density at radius 3 is 2.55 bits per heavy atom. The van der Waals surface area contributed by atoms with Crippen molar-refractivity contribution in [1.82, 2.24) is 29.6 Å². The first kappa shape index (κ1) is 26.1. The van der Waals surface area contributed by atoms with Gasteiger partial charge in [-0.3, -0.25) is 14.3 Å². The molecule has 0 unspecified atom stereocenters. The lowest BCUT2D eigenvalue weighted by Crippen LogP contribution is -2.49. The van der Waals surface area contributed by atoms with E-state index in [0.717, 1.165) is 21.4 Å². The number of carbonyl (C=O) groups is 1. The molecular formula is C29H26FN7OS2. The highest BCUT2D eigenvalue weighted by molar-refractivity contribution is 7.98. The Balaban J connectivity index is 1.14. The number of thioether (sulfide) groups is 1. The van der Waals surface area contributed by atoms with Crippen LogP contribution in [0.5, 0.6) is 0 Å². The summed E-state index contributed by atoms with van der Waals surface area (Å²) in [6, 6.07) is 18.8. The maximum Gasteiger partial charge on any atom is 0.273 e. The zero-order valence-corrected chi connectivity index (χ0v) is 23.4. The topological polar surface area (TPSA) is 80.0 Å². The van der Waals surface area contributed by atoms with Gasteiger partial charge in [-0.2, -0.15) is 0 Å². The number of rotatable bonds is 7. The number of hydrogen-bond acceptors (Lipinski definition) is 8. The number of nitrogens with zero attached hydrogens (tertiary/aromatic N) is 7. The van der Waals surface area contributed by atoms with Crippen molar-refractivity contribution >= 4 is 34.7 Å². The average Bonchev–Trinajstić information content (AvgIpc) is 3.65. The molecule has 1 saturated heterocycles. The van der Waals surface area contributed by atoms with Crippen LogP contribution in [0.3, 0.4) is 0 Å². The van der Waals surface area contributed by atoms with Gasteiger partial charge < -0.3 is 9.80 Å². The van der Waals surface area contributed by atoms with Gasteiger partial charge in [0, 0.05) is 55.2 Å². The summed E-state index contributed by atoms with van der Waals surface area (Å²) in [5, 5.41) is 12.3. The Bertz CT molecular complexity index is 1610. The van der Waals surface area contributed by atoms with Gasteiger partial charge in [-0.15, -0.1) is 21.5 Å². The normalized spacial score (nSPS) is 13.6. The van der Waals surface area contributed by atoms with E-state index < -0.39 is 0 Å². The minimum absolute atomic E-state index is 0.0950. The monoisotopic (exact) mass is 571 g/mol. The van der Waals surface area contributed by atoms with Crippen LogP contribution in [0.25, 0.3) is 17.1 Å². The zero-order chi connectivity index (χ0) is 27.5. The van der Waals surface area contributed by atoms with Gasteiger partial charge in [0.25, 0.3) is 5.91 Å². The third-order valence-electron chi connectivity index (χ3n) is 6.70. The van der Waals surface area contributed by atoms with Crippen molar-refractivity contribution in [2.75, 3.05) is 31.1 Å². The quantitative estimate of drug-likeness (QED) is 0.239. The van der Waals surface area contributed by atoms with Crippen molar-refractivity contribution in [1.29, 1.82) is 0 Å². The van der Waals surface area contributed by atoms with E-state index in [2.05, 4.69) is 51.4 Å². The van der Waals surface area contributed by atoms with Crippen LogP contribution in [0.15, 0.2) is 83.6 Å². The second-order valence-corrected chi connectivity index (χ2v) is 11.2. The molecular weight excluding hydrogens is 545 g/mol. The van der Waals surface area contributed by atoms with Gasteiger partial charge >= 0.3 is 0 Å². The minimum Gasteiger partial charge on any atom is -0.366 e. The SMILES string of the molecule is Cc1ccc(-n2c(SCc3nc(C(=O)N4CCN(c5ccccc5F)CC4)cs3)nnc2-c2cccnc2)cc1. The first-order chi connectivity index (χ1) is 19.6. The molecule has 40 heavy (non-hydrogen) atoms. The first-order valence-corrected chi connectivity index (χ1v) is 14.7. The largest absolute Gasteiger partial charge is 0.366 e. The Hall–Kier alpha value is -4.09. The van der Waals surface area contributed by atoms with Crippen LogP contribution in [-0.2, 0) is 5.75 Å². The molecule has 3 aromatic heterocycles. The third-order valence-corrected chi connectivity index (χ3v) is 8.67. The van der Waals surface area contributed by atoms with Gasteiger partial charge in [-0.25, -0.2) is 9.37 Å². The number of anilines is 1. The van der Waals surface area contributed by atoms with Gasteiger partial charge in [-0.05, 0) is 43.3 Å². The van der Waals surface area contributed by atoms with E-state index in [1.165, 1.54) is 34.7 Å². The predicted molar refractivity (Wildman–Crippen MR) is 156 cm³/mol. The van der Waals surface area contributed by atoms with Gasteiger partial charge in [0.1, 0.15) is 16.5 Å². The Kier molecular flexibility index (Phi) is 7.56. The number of amides is 1. The number of benzene rings is 2. The second-order valence-electron chi connectivity index (χ2n) is 9.36. The lowest BCUT2D eigenvalue weighted by molar-refractivity contribution is 0.0741. The van der Waals surface area contributed by atoms with E-state index in [0.29, 0.717) is 49.1 Å². The number of aryl methyl sites for hydroxylation is 1. The number of carbonyl (C=O) groups excluding carboxylic acids is 1. The summed E-state index contributed by atoms with van der Waals surface area (Å²) in [7, 11) is 0. The zero-order valence-electron chi connectivity index (χ0n) is 21.8. The van der Waals surface area contributed by atoms with Crippen molar-refractivity contribution in [3.8, 4) is 17.1 Å². The van der Waals surface area contributed by atoms with Crippen LogP contribution in [-0.4, -0.2) is 61.7 Å². The van der Waals surface area contributed by atoms with E-state index in [9.17, 15) is 9.18 Å². The van der Waals surface area contributed by atoms with Crippen molar-refractivity contribution in [2.24, 2.45) is 0 Å². The van der Waals surface area contributed by atoms with Crippen LogP contribution in [0.4, 0.5) is 10.1 Å². The first-order valence-electron chi connectivity index (χ1n) is 12.9. The average molecular weight is 572 g/mol. The maximum absolute atomic E-state index is 14.2. The van der Waals surface area contributed by atoms with Crippen molar-refractivity contribution in [3.63, 3.8) is 0 Å². The van der Waals surface area contributed by atoms with E-state index >= 15 is 0 Å². The fourth-order valence-electron chi connectivity index (χ4n) is 4.59. The molecule has 0 spiro atoms. The number of pyridine rings is 1. The summed E-state index contributed by atoms with van der Waals surface area (Å²) >= 11 is 2.98. The van der Waals surface area contributed by atoms with E-state index in [4.69, 9.17) is 0 Å². The molecule has 0 atom stereocenters. The molecule has 1 aliphatic heterocycles. The molecule has 11 heteroatoms. The second kappa shape index (κ2) is 11.6. The third kappa shape index (κ3) is 5.47. The number of piperazine rings is 1. The summed E-state index contributed by atoms with van der Waals surface area (Å²) < 4.78 is 16.2. The molecule has 4 heterocycles.